The molecule has 1 heteroatoms. The molecule has 0 fully saturated rings. The van der Waals surface area contributed by atoms with Gasteiger partial charge in [0.25, 0.3) is 0 Å². The second kappa shape index (κ2) is 3.91. The first kappa shape index (κ1) is 10.7. The highest BCUT2D eigenvalue weighted by Crippen LogP contribution is 2.22. The first-order chi connectivity index (χ1) is 4.87. The normalized spacial score (nSPS) is 14.6. The molecule has 0 rings (SSSR count). The maximum absolute atomic E-state index is 3.95. The molecule has 0 amide bonds. The lowest BCUT2D eigenvalue weighted by Gasteiger charge is -2.25. The molecular weight excluding hydrogens is 134 g/mol. The molecule has 0 aromatic rings. The molecule has 11 heavy (non-hydrogen) atoms. The van der Waals surface area contributed by atoms with Gasteiger partial charge in [0, 0.05) is 6.04 Å². The molecular formula is C10H21N. The highest BCUT2D eigenvalue weighted by molar-refractivity contribution is 5.02. The quantitative estimate of drug-likeness (QED) is 0.618. The number of likely N-dealkylation sites (N-methyl/N-ethyl adjacent to an activating group) is 1. The van der Waals surface area contributed by atoms with Crippen molar-refractivity contribution in [1.82, 2.24) is 5.32 Å². The third-order valence-corrected chi connectivity index (χ3v) is 1.76. The first-order valence-electron chi connectivity index (χ1n) is 4.19. The van der Waals surface area contributed by atoms with Crippen LogP contribution in [0.1, 0.15) is 34.1 Å². The minimum Gasteiger partial charge on any atom is -0.313 e. The summed E-state index contributed by atoms with van der Waals surface area (Å²) in [7, 11) is 1.99. The predicted molar refractivity (Wildman–Crippen MR) is 51.7 cm³/mol. The lowest BCUT2D eigenvalue weighted by molar-refractivity contribution is 0.337. The topological polar surface area (TPSA) is 12.0 Å². The van der Waals surface area contributed by atoms with E-state index < -0.39 is 0 Å². The van der Waals surface area contributed by atoms with Crippen LogP contribution in [0, 0.1) is 5.41 Å². The zero-order valence-corrected chi connectivity index (χ0v) is 8.49. The third kappa shape index (κ3) is 5.02. The van der Waals surface area contributed by atoms with E-state index in [1.165, 1.54) is 5.57 Å². The molecule has 0 saturated carbocycles. The van der Waals surface area contributed by atoms with Crippen LogP contribution in [0.15, 0.2) is 12.2 Å². The molecule has 0 aliphatic heterocycles. The largest absolute Gasteiger partial charge is 0.313 e. The van der Waals surface area contributed by atoms with Gasteiger partial charge < -0.3 is 5.32 Å². The van der Waals surface area contributed by atoms with Crippen LogP contribution >= 0.6 is 0 Å². The second-order valence-corrected chi connectivity index (χ2v) is 4.45. The maximum atomic E-state index is 3.95. The summed E-state index contributed by atoms with van der Waals surface area (Å²) in [5.41, 5.74) is 1.61. The Labute approximate surface area is 70.9 Å². The summed E-state index contributed by atoms with van der Waals surface area (Å²) >= 11 is 0. The van der Waals surface area contributed by atoms with E-state index in [4.69, 9.17) is 0 Å². The van der Waals surface area contributed by atoms with Crippen molar-refractivity contribution in [2.24, 2.45) is 5.41 Å². The van der Waals surface area contributed by atoms with Crippen LogP contribution in [0.2, 0.25) is 0 Å². The summed E-state index contributed by atoms with van der Waals surface area (Å²) in [6.07, 6.45) is 1.15. The van der Waals surface area contributed by atoms with Gasteiger partial charge in [0.1, 0.15) is 0 Å². The van der Waals surface area contributed by atoms with Crippen molar-refractivity contribution in [3.8, 4) is 0 Å². The van der Waals surface area contributed by atoms with Gasteiger partial charge >= 0.3 is 0 Å². The zero-order chi connectivity index (χ0) is 9.07. The van der Waals surface area contributed by atoms with Crippen LogP contribution < -0.4 is 5.32 Å². The van der Waals surface area contributed by atoms with Crippen LogP contribution in [0.5, 0.6) is 0 Å². The van der Waals surface area contributed by atoms with E-state index in [9.17, 15) is 0 Å². The van der Waals surface area contributed by atoms with Gasteiger partial charge in [-0.3, -0.25) is 0 Å². The molecule has 0 aliphatic rings. The van der Waals surface area contributed by atoms with Crippen molar-refractivity contribution in [2.45, 2.75) is 40.2 Å². The van der Waals surface area contributed by atoms with Crippen molar-refractivity contribution in [3.63, 3.8) is 0 Å². The maximum Gasteiger partial charge on any atom is 0.0276 e. The highest BCUT2D eigenvalue weighted by atomic mass is 14.9. The van der Waals surface area contributed by atoms with Crippen LogP contribution in [-0.4, -0.2) is 13.1 Å². The fraction of sp³-hybridized carbons (Fsp3) is 0.800. The fourth-order valence-electron chi connectivity index (χ4n) is 1.14. The summed E-state index contributed by atoms with van der Waals surface area (Å²) in [6, 6.07) is 0.468. The molecule has 0 bridgehead atoms. The number of hydrogen-bond donors (Lipinski definition) is 1. The van der Waals surface area contributed by atoms with Gasteiger partial charge in [-0.15, -0.1) is 0 Å². The minimum absolute atomic E-state index is 0.382. The average molecular weight is 155 g/mol. The van der Waals surface area contributed by atoms with E-state index in [2.05, 4.69) is 39.6 Å². The Balaban J connectivity index is 3.99. The summed E-state index contributed by atoms with van der Waals surface area (Å²) in [5, 5.41) is 3.26. The Morgan fingerprint density at radius 2 is 1.91 bits per heavy atom. The molecule has 0 aliphatic carbocycles. The van der Waals surface area contributed by atoms with Crippen molar-refractivity contribution in [2.75, 3.05) is 7.05 Å². The fourth-order valence-corrected chi connectivity index (χ4v) is 1.14. The number of hydrogen-bond acceptors (Lipinski definition) is 1. The van der Waals surface area contributed by atoms with Gasteiger partial charge in [-0.05, 0) is 25.8 Å². The summed E-state index contributed by atoms with van der Waals surface area (Å²) in [4.78, 5) is 0. The Morgan fingerprint density at radius 1 is 1.45 bits per heavy atom. The Morgan fingerprint density at radius 3 is 2.00 bits per heavy atom. The molecule has 0 aromatic heterocycles. The van der Waals surface area contributed by atoms with E-state index in [0.717, 1.165) is 6.42 Å². The summed E-state index contributed by atoms with van der Waals surface area (Å²) in [6.45, 7) is 12.8. The molecule has 0 aromatic carbocycles. The molecule has 0 heterocycles. The molecule has 1 atom stereocenters. The number of nitrogens with one attached hydrogen (secondary N) is 1. The molecule has 1 N–H and O–H groups in total. The Hall–Kier alpha value is -0.300. The van der Waals surface area contributed by atoms with Crippen LogP contribution in [-0.2, 0) is 0 Å². The Kier molecular flexibility index (Phi) is 3.81. The van der Waals surface area contributed by atoms with Gasteiger partial charge in [-0.25, -0.2) is 0 Å². The van der Waals surface area contributed by atoms with Gasteiger partial charge in [0.05, 0.1) is 0 Å². The predicted octanol–water partition coefficient (Wildman–Crippen LogP) is 2.59. The van der Waals surface area contributed by atoms with Gasteiger partial charge in [-0.2, -0.15) is 0 Å². The monoisotopic (exact) mass is 155 g/mol. The van der Waals surface area contributed by atoms with Crippen molar-refractivity contribution in [3.05, 3.63) is 12.2 Å². The van der Waals surface area contributed by atoms with E-state index >= 15 is 0 Å². The Bertz CT molecular complexity index is 130. The molecule has 1 unspecified atom stereocenters. The molecule has 66 valence electrons. The smallest absolute Gasteiger partial charge is 0.0276 e. The molecule has 0 radical (unpaired) electrons. The lowest BCUT2D eigenvalue weighted by Crippen LogP contribution is -2.30. The van der Waals surface area contributed by atoms with Gasteiger partial charge in [0.2, 0.25) is 0 Å². The summed E-state index contributed by atoms with van der Waals surface area (Å²) in [5.74, 6) is 0. The highest BCUT2D eigenvalue weighted by Gasteiger charge is 2.17. The molecule has 0 spiro atoms. The minimum atomic E-state index is 0.382. The third-order valence-electron chi connectivity index (χ3n) is 1.76. The molecule has 1 nitrogen and oxygen atoms in total. The van der Waals surface area contributed by atoms with Crippen molar-refractivity contribution < 1.29 is 0 Å². The van der Waals surface area contributed by atoms with E-state index in [0.29, 0.717) is 11.5 Å². The van der Waals surface area contributed by atoms with Crippen LogP contribution in [0.3, 0.4) is 0 Å². The standard InChI is InChI=1S/C10H21N/c1-8(2)9(11-6)7-10(3,4)5/h9,11H,1,7H2,2-6H3. The van der Waals surface area contributed by atoms with E-state index in [1.807, 2.05) is 7.05 Å². The van der Waals surface area contributed by atoms with Crippen molar-refractivity contribution in [1.29, 1.82) is 0 Å². The lowest BCUT2D eigenvalue weighted by atomic mass is 9.86. The van der Waals surface area contributed by atoms with Crippen molar-refractivity contribution >= 4 is 0 Å². The molecule has 0 saturated heterocycles. The van der Waals surface area contributed by atoms with Crippen LogP contribution in [0.4, 0.5) is 0 Å². The van der Waals surface area contributed by atoms with Crippen LogP contribution in [0.25, 0.3) is 0 Å². The van der Waals surface area contributed by atoms with E-state index in [-0.39, 0.29) is 0 Å². The average Bonchev–Trinajstić information content (AvgIpc) is 1.80. The van der Waals surface area contributed by atoms with E-state index in [1.54, 1.807) is 0 Å². The number of rotatable bonds is 3. The summed E-state index contributed by atoms with van der Waals surface area (Å²) < 4.78 is 0. The SMILES string of the molecule is C=C(C)C(CC(C)(C)C)NC. The first-order valence-corrected chi connectivity index (χ1v) is 4.19. The van der Waals surface area contributed by atoms with Gasteiger partial charge in [-0.1, -0.05) is 32.9 Å². The van der Waals surface area contributed by atoms with Gasteiger partial charge in [0.15, 0.2) is 0 Å². The second-order valence-electron chi connectivity index (χ2n) is 4.45. The zero-order valence-electron chi connectivity index (χ0n) is 8.49.